The summed E-state index contributed by atoms with van der Waals surface area (Å²) in [5, 5.41) is 0. The fraction of sp³-hybridized carbons (Fsp3) is 0.600. The highest BCUT2D eigenvalue weighted by molar-refractivity contribution is 6.19. The number of allylic oxidation sites excluding steroid dienone is 1. The Labute approximate surface area is 78.8 Å². The van der Waals surface area contributed by atoms with E-state index in [0.29, 0.717) is 6.61 Å². The van der Waals surface area contributed by atoms with Crippen LogP contribution in [0.3, 0.4) is 0 Å². The minimum Gasteiger partial charge on any atom is -0.501 e. The fourth-order valence-electron chi connectivity index (χ4n) is 0.792. The van der Waals surface area contributed by atoms with Crippen molar-refractivity contribution in [3.05, 3.63) is 11.8 Å². The van der Waals surface area contributed by atoms with E-state index in [2.05, 4.69) is 0 Å². The van der Waals surface area contributed by atoms with E-state index in [1.807, 2.05) is 0 Å². The zero-order chi connectivity index (χ0) is 10.4. The summed E-state index contributed by atoms with van der Waals surface area (Å²) in [6.45, 7) is 7.14. The SMILES string of the molecule is CCOC=C(C(C)=O)C(=O)C(C)C. The molecular formula is C10H16O3. The van der Waals surface area contributed by atoms with Crippen LogP contribution in [0.25, 0.3) is 0 Å². The highest BCUT2D eigenvalue weighted by Crippen LogP contribution is 2.07. The third-order valence-electron chi connectivity index (χ3n) is 1.54. The van der Waals surface area contributed by atoms with E-state index < -0.39 is 0 Å². The highest BCUT2D eigenvalue weighted by Gasteiger charge is 2.17. The van der Waals surface area contributed by atoms with Gasteiger partial charge in [-0.3, -0.25) is 9.59 Å². The van der Waals surface area contributed by atoms with Gasteiger partial charge in [0.1, 0.15) is 0 Å². The fourth-order valence-corrected chi connectivity index (χ4v) is 0.792. The van der Waals surface area contributed by atoms with Crippen molar-refractivity contribution >= 4 is 11.6 Å². The molecule has 0 atom stereocenters. The van der Waals surface area contributed by atoms with Crippen molar-refractivity contribution < 1.29 is 14.3 Å². The van der Waals surface area contributed by atoms with E-state index in [-0.39, 0.29) is 23.1 Å². The number of ether oxygens (including phenoxy) is 1. The van der Waals surface area contributed by atoms with Crippen LogP contribution in [-0.4, -0.2) is 18.2 Å². The van der Waals surface area contributed by atoms with E-state index in [4.69, 9.17) is 4.74 Å². The first-order chi connectivity index (χ1) is 6.00. The van der Waals surface area contributed by atoms with Crippen molar-refractivity contribution in [3.8, 4) is 0 Å². The number of hydrogen-bond acceptors (Lipinski definition) is 3. The molecular weight excluding hydrogens is 168 g/mol. The van der Waals surface area contributed by atoms with Crippen molar-refractivity contribution in [1.82, 2.24) is 0 Å². The summed E-state index contributed by atoms with van der Waals surface area (Å²) in [7, 11) is 0. The predicted molar refractivity (Wildman–Crippen MR) is 50.2 cm³/mol. The zero-order valence-electron chi connectivity index (χ0n) is 8.59. The molecule has 0 saturated heterocycles. The van der Waals surface area contributed by atoms with Gasteiger partial charge in [0.15, 0.2) is 11.6 Å². The molecule has 0 heterocycles. The minimum absolute atomic E-state index is 0.150. The second-order valence-electron chi connectivity index (χ2n) is 3.06. The maximum Gasteiger partial charge on any atom is 0.172 e. The van der Waals surface area contributed by atoms with Gasteiger partial charge in [-0.15, -0.1) is 0 Å². The lowest BCUT2D eigenvalue weighted by Gasteiger charge is -2.05. The molecule has 0 amide bonds. The lowest BCUT2D eigenvalue weighted by Crippen LogP contribution is -2.16. The van der Waals surface area contributed by atoms with Gasteiger partial charge < -0.3 is 4.74 Å². The molecule has 13 heavy (non-hydrogen) atoms. The average molecular weight is 184 g/mol. The van der Waals surface area contributed by atoms with Crippen LogP contribution in [0.4, 0.5) is 0 Å². The van der Waals surface area contributed by atoms with Crippen LogP contribution in [0, 0.1) is 5.92 Å². The molecule has 74 valence electrons. The van der Waals surface area contributed by atoms with Crippen LogP contribution in [0.2, 0.25) is 0 Å². The molecule has 0 aromatic heterocycles. The van der Waals surface area contributed by atoms with E-state index in [9.17, 15) is 9.59 Å². The van der Waals surface area contributed by atoms with Gasteiger partial charge in [-0.25, -0.2) is 0 Å². The van der Waals surface area contributed by atoms with Crippen LogP contribution in [0.1, 0.15) is 27.7 Å². The monoisotopic (exact) mass is 184 g/mol. The molecule has 0 bridgehead atoms. The van der Waals surface area contributed by atoms with Crippen molar-refractivity contribution in [2.24, 2.45) is 5.92 Å². The van der Waals surface area contributed by atoms with E-state index >= 15 is 0 Å². The summed E-state index contributed by atoms with van der Waals surface area (Å²) in [6, 6.07) is 0. The van der Waals surface area contributed by atoms with Crippen molar-refractivity contribution in [2.45, 2.75) is 27.7 Å². The zero-order valence-corrected chi connectivity index (χ0v) is 8.59. The summed E-state index contributed by atoms with van der Waals surface area (Å²) >= 11 is 0. The smallest absolute Gasteiger partial charge is 0.172 e. The number of carbonyl (C=O) groups is 2. The minimum atomic E-state index is -0.243. The maximum atomic E-state index is 11.4. The number of ketones is 2. The maximum absolute atomic E-state index is 11.4. The summed E-state index contributed by atoms with van der Waals surface area (Å²) in [4.78, 5) is 22.4. The first kappa shape index (κ1) is 11.9. The molecule has 0 aromatic carbocycles. The molecule has 0 rings (SSSR count). The molecule has 0 fully saturated rings. The Balaban J connectivity index is 4.61. The molecule has 0 unspecified atom stereocenters. The second kappa shape index (κ2) is 5.51. The van der Waals surface area contributed by atoms with Crippen LogP contribution >= 0.6 is 0 Å². The van der Waals surface area contributed by atoms with Crippen molar-refractivity contribution in [2.75, 3.05) is 6.61 Å². The molecule has 0 spiro atoms. The Bertz CT molecular complexity index is 226. The van der Waals surface area contributed by atoms with E-state index in [0.717, 1.165) is 0 Å². The van der Waals surface area contributed by atoms with Gasteiger partial charge in [-0.1, -0.05) is 13.8 Å². The van der Waals surface area contributed by atoms with Gasteiger partial charge in [0.05, 0.1) is 18.4 Å². The Morgan fingerprint density at radius 1 is 1.38 bits per heavy atom. The largest absolute Gasteiger partial charge is 0.501 e. The number of rotatable bonds is 5. The van der Waals surface area contributed by atoms with Crippen LogP contribution in [-0.2, 0) is 14.3 Å². The van der Waals surface area contributed by atoms with Gasteiger partial charge in [-0.05, 0) is 13.8 Å². The summed E-state index contributed by atoms with van der Waals surface area (Å²) < 4.78 is 4.92. The van der Waals surface area contributed by atoms with Crippen LogP contribution in [0.5, 0.6) is 0 Å². The lowest BCUT2D eigenvalue weighted by atomic mass is 10.00. The number of Topliss-reactive ketones (excluding diaryl/α,β-unsaturated/α-hetero) is 2. The summed E-state index contributed by atoms with van der Waals surface area (Å²) in [5.74, 6) is -0.580. The Morgan fingerprint density at radius 2 is 1.92 bits per heavy atom. The summed E-state index contributed by atoms with van der Waals surface area (Å²) in [6.07, 6.45) is 1.25. The highest BCUT2D eigenvalue weighted by atomic mass is 16.5. The average Bonchev–Trinajstić information content (AvgIpc) is 2.04. The molecule has 3 nitrogen and oxygen atoms in total. The van der Waals surface area contributed by atoms with Crippen molar-refractivity contribution in [3.63, 3.8) is 0 Å². The molecule has 0 N–H and O–H groups in total. The van der Waals surface area contributed by atoms with Crippen LogP contribution in [0.15, 0.2) is 11.8 Å². The normalized spacial score (nSPS) is 11.6. The topological polar surface area (TPSA) is 43.4 Å². The third kappa shape index (κ3) is 3.87. The molecule has 3 heteroatoms. The first-order valence-corrected chi connectivity index (χ1v) is 4.37. The molecule has 0 saturated carbocycles. The molecule has 0 aliphatic rings. The Morgan fingerprint density at radius 3 is 2.23 bits per heavy atom. The second-order valence-corrected chi connectivity index (χ2v) is 3.06. The molecule has 0 aliphatic carbocycles. The summed E-state index contributed by atoms with van der Waals surface area (Å²) in [5.41, 5.74) is 0.150. The number of hydrogen-bond donors (Lipinski definition) is 0. The third-order valence-corrected chi connectivity index (χ3v) is 1.54. The predicted octanol–water partition coefficient (Wildman–Crippen LogP) is 1.72. The van der Waals surface area contributed by atoms with E-state index in [1.165, 1.54) is 13.2 Å². The molecule has 0 radical (unpaired) electrons. The quantitative estimate of drug-likeness (QED) is 0.283. The van der Waals surface area contributed by atoms with E-state index in [1.54, 1.807) is 20.8 Å². The molecule has 0 aromatic rings. The Hall–Kier alpha value is -1.12. The van der Waals surface area contributed by atoms with Gasteiger partial charge in [0.25, 0.3) is 0 Å². The number of carbonyl (C=O) groups excluding carboxylic acids is 2. The standard InChI is InChI=1S/C10H16O3/c1-5-13-6-9(8(4)11)10(12)7(2)3/h6-7H,5H2,1-4H3. The van der Waals surface area contributed by atoms with Gasteiger partial charge in [0.2, 0.25) is 0 Å². The first-order valence-electron chi connectivity index (χ1n) is 4.37. The molecule has 0 aliphatic heterocycles. The Kier molecular flexibility index (Phi) is 5.04. The van der Waals surface area contributed by atoms with Gasteiger partial charge in [-0.2, -0.15) is 0 Å². The van der Waals surface area contributed by atoms with Gasteiger partial charge in [0, 0.05) is 5.92 Å². The lowest BCUT2D eigenvalue weighted by molar-refractivity contribution is -0.122. The van der Waals surface area contributed by atoms with Crippen molar-refractivity contribution in [1.29, 1.82) is 0 Å². The van der Waals surface area contributed by atoms with Crippen LogP contribution < -0.4 is 0 Å². The van der Waals surface area contributed by atoms with Gasteiger partial charge >= 0.3 is 0 Å².